The van der Waals surface area contributed by atoms with Gasteiger partial charge in [-0.05, 0) is 57.0 Å². The third kappa shape index (κ3) is 7.77. The lowest BCUT2D eigenvalue weighted by molar-refractivity contribution is 0.0953. The summed E-state index contributed by atoms with van der Waals surface area (Å²) in [5, 5.41) is 11.6. The molecule has 3 amide bonds. The fourth-order valence-electron chi connectivity index (χ4n) is 2.41. The lowest BCUT2D eigenvalue weighted by atomic mass is 10.2. The number of hydrogen-bond donors (Lipinski definition) is 4. The van der Waals surface area contributed by atoms with Crippen molar-refractivity contribution in [2.75, 3.05) is 23.7 Å². The van der Waals surface area contributed by atoms with Gasteiger partial charge in [0.25, 0.3) is 5.91 Å². The molecule has 1 aromatic heterocycles. The summed E-state index contributed by atoms with van der Waals surface area (Å²) in [6.45, 7) is 5.16. The van der Waals surface area contributed by atoms with Gasteiger partial charge in [-0.3, -0.25) is 4.79 Å². The number of unbranched alkanes of at least 4 members (excludes halogenated alkanes) is 1. The summed E-state index contributed by atoms with van der Waals surface area (Å²) in [5.41, 5.74) is 1.10. The maximum atomic E-state index is 12.2. The summed E-state index contributed by atoms with van der Waals surface area (Å²) in [6.07, 6.45) is 3.53. The van der Waals surface area contributed by atoms with Crippen LogP contribution in [0.3, 0.4) is 0 Å². The molecule has 0 saturated heterocycles. The highest BCUT2D eigenvalue weighted by Gasteiger charge is 2.08. The Kier molecular flexibility index (Phi) is 8.09. The Hall–Kier alpha value is -3.09. The number of anilines is 2. The van der Waals surface area contributed by atoms with Crippen LogP contribution in [-0.4, -0.2) is 36.1 Å². The first-order valence-corrected chi connectivity index (χ1v) is 9.15. The number of amides is 3. The SMILES string of the molecule is CC(C)NC(=O)Nc1cccc(C(=O)NCCCCNc2ccccn2)c1. The molecular formula is C20H27N5O2. The number of carbonyl (C=O) groups is 2. The van der Waals surface area contributed by atoms with Gasteiger partial charge in [0.05, 0.1) is 0 Å². The molecule has 1 heterocycles. The van der Waals surface area contributed by atoms with Crippen LogP contribution in [-0.2, 0) is 0 Å². The van der Waals surface area contributed by atoms with Crippen molar-refractivity contribution >= 4 is 23.4 Å². The Morgan fingerprint density at radius 2 is 1.85 bits per heavy atom. The zero-order valence-corrected chi connectivity index (χ0v) is 15.8. The Bertz CT molecular complexity index is 734. The van der Waals surface area contributed by atoms with E-state index in [-0.39, 0.29) is 18.0 Å². The molecule has 7 heteroatoms. The van der Waals surface area contributed by atoms with Gasteiger partial charge in [-0.2, -0.15) is 0 Å². The second kappa shape index (κ2) is 10.8. The molecule has 0 atom stereocenters. The molecule has 2 aromatic rings. The number of nitrogens with zero attached hydrogens (tertiary/aromatic N) is 1. The minimum absolute atomic E-state index is 0.0450. The molecule has 4 N–H and O–H groups in total. The van der Waals surface area contributed by atoms with E-state index < -0.39 is 0 Å². The molecule has 144 valence electrons. The summed E-state index contributed by atoms with van der Waals surface area (Å²) >= 11 is 0. The average Bonchev–Trinajstić information content (AvgIpc) is 2.64. The van der Waals surface area contributed by atoms with E-state index in [4.69, 9.17) is 0 Å². The van der Waals surface area contributed by atoms with Gasteiger partial charge in [0.1, 0.15) is 5.82 Å². The number of rotatable bonds is 9. The molecule has 0 spiro atoms. The number of nitrogens with one attached hydrogen (secondary N) is 4. The second-order valence-corrected chi connectivity index (χ2v) is 6.44. The quantitative estimate of drug-likeness (QED) is 0.510. The summed E-state index contributed by atoms with van der Waals surface area (Å²) in [5.74, 6) is 0.702. The zero-order valence-electron chi connectivity index (χ0n) is 15.8. The van der Waals surface area contributed by atoms with Gasteiger partial charge in [-0.25, -0.2) is 9.78 Å². The maximum absolute atomic E-state index is 12.2. The van der Waals surface area contributed by atoms with Gasteiger partial charge in [-0.15, -0.1) is 0 Å². The van der Waals surface area contributed by atoms with E-state index in [0.29, 0.717) is 17.8 Å². The Morgan fingerprint density at radius 3 is 2.59 bits per heavy atom. The average molecular weight is 369 g/mol. The highest BCUT2D eigenvalue weighted by atomic mass is 16.2. The van der Waals surface area contributed by atoms with Gasteiger partial charge >= 0.3 is 6.03 Å². The van der Waals surface area contributed by atoms with Crippen LogP contribution in [0.5, 0.6) is 0 Å². The number of aromatic nitrogens is 1. The van der Waals surface area contributed by atoms with E-state index in [1.165, 1.54) is 0 Å². The van der Waals surface area contributed by atoms with Crippen LogP contribution in [0.25, 0.3) is 0 Å². The van der Waals surface area contributed by atoms with Gasteiger partial charge in [0.15, 0.2) is 0 Å². The fourth-order valence-corrected chi connectivity index (χ4v) is 2.41. The van der Waals surface area contributed by atoms with Crippen molar-refractivity contribution in [3.63, 3.8) is 0 Å². The molecule has 0 radical (unpaired) electrons. The lowest BCUT2D eigenvalue weighted by Crippen LogP contribution is -2.34. The van der Waals surface area contributed by atoms with Crippen molar-refractivity contribution in [2.45, 2.75) is 32.7 Å². The molecule has 0 aliphatic rings. The number of benzene rings is 1. The number of hydrogen-bond acceptors (Lipinski definition) is 4. The summed E-state index contributed by atoms with van der Waals surface area (Å²) in [7, 11) is 0. The van der Waals surface area contributed by atoms with E-state index >= 15 is 0 Å². The minimum Gasteiger partial charge on any atom is -0.370 e. The number of carbonyl (C=O) groups excluding carboxylic acids is 2. The van der Waals surface area contributed by atoms with Crippen molar-refractivity contribution in [3.05, 3.63) is 54.2 Å². The monoisotopic (exact) mass is 369 g/mol. The molecule has 7 nitrogen and oxygen atoms in total. The van der Waals surface area contributed by atoms with E-state index in [1.54, 1.807) is 30.5 Å². The Labute approximate surface area is 160 Å². The summed E-state index contributed by atoms with van der Waals surface area (Å²) < 4.78 is 0. The van der Waals surface area contributed by atoms with Gasteiger partial charge < -0.3 is 21.3 Å². The molecule has 0 saturated carbocycles. The molecule has 1 aromatic carbocycles. The summed E-state index contributed by atoms with van der Waals surface area (Å²) in [4.78, 5) is 28.2. The molecular weight excluding hydrogens is 342 g/mol. The van der Waals surface area contributed by atoms with Crippen LogP contribution >= 0.6 is 0 Å². The standard InChI is InChI=1S/C20H27N5O2/c1-15(2)24-20(27)25-17-9-7-8-16(14-17)19(26)23-13-6-5-12-22-18-10-3-4-11-21-18/h3-4,7-11,14-15H,5-6,12-13H2,1-2H3,(H,21,22)(H,23,26)(H2,24,25,27). The van der Waals surface area contributed by atoms with Crippen LogP contribution in [0.4, 0.5) is 16.3 Å². The van der Waals surface area contributed by atoms with Crippen LogP contribution in [0.1, 0.15) is 37.0 Å². The largest absolute Gasteiger partial charge is 0.370 e. The molecule has 27 heavy (non-hydrogen) atoms. The van der Waals surface area contributed by atoms with E-state index in [2.05, 4.69) is 26.3 Å². The van der Waals surface area contributed by atoms with E-state index in [0.717, 1.165) is 25.2 Å². The van der Waals surface area contributed by atoms with Crippen LogP contribution in [0.2, 0.25) is 0 Å². The first kappa shape index (κ1) is 20.2. The zero-order chi connectivity index (χ0) is 19.5. The smallest absolute Gasteiger partial charge is 0.319 e. The van der Waals surface area contributed by atoms with Crippen molar-refractivity contribution in [3.8, 4) is 0 Å². The third-order valence-electron chi connectivity index (χ3n) is 3.66. The molecule has 0 aliphatic carbocycles. The third-order valence-corrected chi connectivity index (χ3v) is 3.66. The highest BCUT2D eigenvalue weighted by Crippen LogP contribution is 2.10. The molecule has 2 rings (SSSR count). The van der Waals surface area contributed by atoms with Crippen LogP contribution in [0.15, 0.2) is 48.7 Å². The first-order valence-electron chi connectivity index (χ1n) is 9.15. The van der Waals surface area contributed by atoms with Crippen molar-refractivity contribution < 1.29 is 9.59 Å². The molecule has 0 unspecified atom stereocenters. The minimum atomic E-state index is -0.289. The van der Waals surface area contributed by atoms with Crippen LogP contribution < -0.4 is 21.3 Å². The predicted molar refractivity (Wildman–Crippen MR) is 108 cm³/mol. The van der Waals surface area contributed by atoms with Gasteiger partial charge in [-0.1, -0.05) is 12.1 Å². The Balaban J connectivity index is 1.69. The number of urea groups is 1. The fraction of sp³-hybridized carbons (Fsp3) is 0.350. The molecule has 0 bridgehead atoms. The van der Waals surface area contributed by atoms with Gasteiger partial charge in [0.2, 0.25) is 0 Å². The molecule has 0 fully saturated rings. The van der Waals surface area contributed by atoms with Gasteiger partial charge in [0, 0.05) is 36.6 Å². The van der Waals surface area contributed by atoms with E-state index in [1.807, 2.05) is 32.0 Å². The normalized spacial score (nSPS) is 10.3. The second-order valence-electron chi connectivity index (χ2n) is 6.44. The van der Waals surface area contributed by atoms with Crippen molar-refractivity contribution in [1.29, 1.82) is 0 Å². The molecule has 0 aliphatic heterocycles. The van der Waals surface area contributed by atoms with Crippen molar-refractivity contribution in [2.24, 2.45) is 0 Å². The topological polar surface area (TPSA) is 95.2 Å². The lowest BCUT2D eigenvalue weighted by Gasteiger charge is -2.11. The maximum Gasteiger partial charge on any atom is 0.319 e. The number of pyridine rings is 1. The van der Waals surface area contributed by atoms with E-state index in [9.17, 15) is 9.59 Å². The Morgan fingerprint density at radius 1 is 1.04 bits per heavy atom. The van der Waals surface area contributed by atoms with Crippen molar-refractivity contribution in [1.82, 2.24) is 15.6 Å². The highest BCUT2D eigenvalue weighted by molar-refractivity contribution is 5.96. The predicted octanol–water partition coefficient (Wildman–Crippen LogP) is 3.23. The van der Waals surface area contributed by atoms with Crippen LogP contribution in [0, 0.1) is 0 Å². The first-order chi connectivity index (χ1) is 13.0. The summed E-state index contributed by atoms with van der Waals surface area (Å²) in [6, 6.07) is 12.4.